The van der Waals surface area contributed by atoms with Crippen LogP contribution in [0, 0.1) is 11.7 Å². The molecule has 1 fully saturated rings. The lowest BCUT2D eigenvalue weighted by atomic mass is 9.88. The van der Waals surface area contributed by atoms with E-state index in [-0.39, 0.29) is 23.6 Å². The van der Waals surface area contributed by atoms with Gasteiger partial charge in [0, 0.05) is 30.8 Å². The first kappa shape index (κ1) is 24.1. The van der Waals surface area contributed by atoms with Crippen LogP contribution in [-0.4, -0.2) is 41.8 Å². The van der Waals surface area contributed by atoms with Crippen LogP contribution in [0.5, 0.6) is 0 Å². The van der Waals surface area contributed by atoms with Gasteiger partial charge in [-0.15, -0.1) is 0 Å². The van der Waals surface area contributed by atoms with E-state index in [1.807, 2.05) is 36.4 Å². The number of benzene rings is 3. The number of halogens is 1. The van der Waals surface area contributed by atoms with Crippen LogP contribution in [0.15, 0.2) is 84.9 Å². The molecule has 1 heterocycles. The topological polar surface area (TPSA) is 78.5 Å². The zero-order valence-electron chi connectivity index (χ0n) is 19.3. The van der Waals surface area contributed by atoms with E-state index in [2.05, 4.69) is 10.6 Å². The molecule has 0 bridgehead atoms. The molecule has 3 aromatic carbocycles. The summed E-state index contributed by atoms with van der Waals surface area (Å²) < 4.78 is 13.6. The molecule has 0 spiro atoms. The quantitative estimate of drug-likeness (QED) is 0.548. The third kappa shape index (κ3) is 6.32. The molecule has 1 aliphatic heterocycles. The number of likely N-dealkylation sites (tertiary alicyclic amines) is 1. The van der Waals surface area contributed by atoms with Gasteiger partial charge >= 0.3 is 0 Å². The largest absolute Gasteiger partial charge is 0.350 e. The van der Waals surface area contributed by atoms with E-state index in [0.29, 0.717) is 43.6 Å². The van der Waals surface area contributed by atoms with Crippen molar-refractivity contribution in [2.24, 2.45) is 5.92 Å². The number of piperidine rings is 1. The smallest absolute Gasteiger partial charge is 0.253 e. The Labute approximate surface area is 204 Å². The Balaban J connectivity index is 1.44. The zero-order chi connectivity index (χ0) is 24.6. The number of hydrogen-bond acceptors (Lipinski definition) is 3. The number of carbonyl (C=O) groups is 3. The molecule has 0 saturated carbocycles. The molecule has 180 valence electrons. The SMILES string of the molecule is O=C(N[C@@H](C(=O)NCc1ccccc1)C1CCN(C(=O)c2cccc(F)c2)CC1)c1ccccc1. The van der Waals surface area contributed by atoms with Crippen molar-refractivity contribution < 1.29 is 18.8 Å². The lowest BCUT2D eigenvalue weighted by Crippen LogP contribution is -2.53. The molecular weight excluding hydrogens is 445 g/mol. The van der Waals surface area contributed by atoms with E-state index in [0.717, 1.165) is 5.56 Å². The van der Waals surface area contributed by atoms with E-state index in [1.54, 1.807) is 35.2 Å². The fourth-order valence-electron chi connectivity index (χ4n) is 4.35. The summed E-state index contributed by atoms with van der Waals surface area (Å²) in [6.07, 6.45) is 1.08. The van der Waals surface area contributed by atoms with Crippen LogP contribution in [0.1, 0.15) is 39.1 Å². The molecule has 7 heteroatoms. The van der Waals surface area contributed by atoms with E-state index in [4.69, 9.17) is 0 Å². The molecule has 6 nitrogen and oxygen atoms in total. The maximum absolute atomic E-state index is 13.6. The van der Waals surface area contributed by atoms with Crippen LogP contribution in [0.25, 0.3) is 0 Å². The first-order chi connectivity index (χ1) is 17.0. The second-order valence-corrected chi connectivity index (χ2v) is 8.66. The Morgan fingerprint density at radius 3 is 2.14 bits per heavy atom. The maximum Gasteiger partial charge on any atom is 0.253 e. The van der Waals surface area contributed by atoms with Crippen LogP contribution in [0.3, 0.4) is 0 Å². The number of carbonyl (C=O) groups excluding carboxylic acids is 3. The fourth-order valence-corrected chi connectivity index (χ4v) is 4.35. The van der Waals surface area contributed by atoms with Crippen molar-refractivity contribution in [1.29, 1.82) is 0 Å². The van der Waals surface area contributed by atoms with Crippen molar-refractivity contribution in [3.05, 3.63) is 107 Å². The summed E-state index contributed by atoms with van der Waals surface area (Å²) in [5, 5.41) is 5.86. The van der Waals surface area contributed by atoms with Gasteiger partial charge in [-0.05, 0) is 54.7 Å². The first-order valence-corrected chi connectivity index (χ1v) is 11.7. The highest BCUT2D eigenvalue weighted by Crippen LogP contribution is 2.23. The van der Waals surface area contributed by atoms with Crippen LogP contribution in [-0.2, 0) is 11.3 Å². The highest BCUT2D eigenvalue weighted by Gasteiger charge is 2.34. The maximum atomic E-state index is 13.6. The van der Waals surface area contributed by atoms with Crippen LogP contribution in [0.4, 0.5) is 4.39 Å². The molecule has 35 heavy (non-hydrogen) atoms. The first-order valence-electron chi connectivity index (χ1n) is 11.7. The van der Waals surface area contributed by atoms with Gasteiger partial charge in [0.25, 0.3) is 11.8 Å². The number of nitrogens with one attached hydrogen (secondary N) is 2. The highest BCUT2D eigenvalue weighted by molar-refractivity contribution is 5.97. The Hall–Kier alpha value is -4.00. The summed E-state index contributed by atoms with van der Waals surface area (Å²) in [4.78, 5) is 40.5. The predicted octanol–water partition coefficient (Wildman–Crippen LogP) is 3.79. The van der Waals surface area contributed by atoms with E-state index in [1.165, 1.54) is 18.2 Å². The molecule has 1 saturated heterocycles. The number of hydrogen-bond donors (Lipinski definition) is 2. The fraction of sp³-hybridized carbons (Fsp3) is 0.250. The monoisotopic (exact) mass is 473 g/mol. The lowest BCUT2D eigenvalue weighted by Gasteiger charge is -2.36. The lowest BCUT2D eigenvalue weighted by molar-refractivity contribution is -0.124. The molecule has 1 atom stereocenters. The standard InChI is InChI=1S/C28H28FN3O3/c29-24-13-7-12-23(18-24)28(35)32-16-14-21(15-17-32)25(31-26(33)22-10-5-2-6-11-22)27(34)30-19-20-8-3-1-4-9-20/h1-13,18,21,25H,14-17,19H2,(H,30,34)(H,31,33)/t25-/m1/s1. The predicted molar refractivity (Wildman–Crippen MR) is 131 cm³/mol. The molecule has 3 aromatic rings. The molecule has 0 aromatic heterocycles. The van der Waals surface area contributed by atoms with Crippen molar-refractivity contribution >= 4 is 17.7 Å². The minimum atomic E-state index is -0.738. The minimum Gasteiger partial charge on any atom is -0.350 e. The van der Waals surface area contributed by atoms with Gasteiger partial charge in [-0.2, -0.15) is 0 Å². The summed E-state index contributed by atoms with van der Waals surface area (Å²) in [6.45, 7) is 1.20. The zero-order valence-corrected chi connectivity index (χ0v) is 19.3. The van der Waals surface area contributed by atoms with Crippen molar-refractivity contribution in [3.63, 3.8) is 0 Å². The summed E-state index contributed by atoms with van der Waals surface area (Å²) in [7, 11) is 0. The van der Waals surface area contributed by atoms with Gasteiger partial charge in [-0.1, -0.05) is 54.6 Å². The summed E-state index contributed by atoms with van der Waals surface area (Å²) in [5.41, 5.74) is 1.74. The number of amides is 3. The van der Waals surface area contributed by atoms with Crippen molar-refractivity contribution in [3.8, 4) is 0 Å². The second-order valence-electron chi connectivity index (χ2n) is 8.66. The third-order valence-corrected chi connectivity index (χ3v) is 6.28. The molecule has 0 radical (unpaired) electrons. The van der Waals surface area contributed by atoms with E-state index in [9.17, 15) is 18.8 Å². The molecule has 1 aliphatic rings. The Kier molecular flexibility index (Phi) is 7.88. The van der Waals surface area contributed by atoms with Gasteiger partial charge in [0.05, 0.1) is 0 Å². The molecule has 0 aliphatic carbocycles. The van der Waals surface area contributed by atoms with Gasteiger partial charge in [0.15, 0.2) is 0 Å². The molecule has 4 rings (SSSR count). The Morgan fingerprint density at radius 1 is 0.857 bits per heavy atom. The Morgan fingerprint density at radius 2 is 1.49 bits per heavy atom. The van der Waals surface area contributed by atoms with E-state index >= 15 is 0 Å². The van der Waals surface area contributed by atoms with Crippen molar-refractivity contribution in [1.82, 2.24) is 15.5 Å². The van der Waals surface area contributed by atoms with Crippen LogP contribution < -0.4 is 10.6 Å². The number of rotatable bonds is 7. The third-order valence-electron chi connectivity index (χ3n) is 6.28. The molecule has 0 unspecified atom stereocenters. The summed E-state index contributed by atoms with van der Waals surface area (Å²) in [5.74, 6) is -1.40. The molecular formula is C28H28FN3O3. The average molecular weight is 474 g/mol. The molecule has 2 N–H and O–H groups in total. The summed E-state index contributed by atoms with van der Waals surface area (Å²) in [6, 6.07) is 23.3. The van der Waals surface area contributed by atoms with Gasteiger partial charge in [-0.25, -0.2) is 4.39 Å². The van der Waals surface area contributed by atoms with Gasteiger partial charge in [-0.3, -0.25) is 14.4 Å². The molecule has 3 amide bonds. The highest BCUT2D eigenvalue weighted by atomic mass is 19.1. The van der Waals surface area contributed by atoms with Gasteiger partial charge in [0.1, 0.15) is 11.9 Å². The summed E-state index contributed by atoms with van der Waals surface area (Å²) >= 11 is 0. The van der Waals surface area contributed by atoms with E-state index < -0.39 is 11.9 Å². The number of nitrogens with zero attached hydrogens (tertiary/aromatic N) is 1. The van der Waals surface area contributed by atoms with Crippen molar-refractivity contribution in [2.45, 2.75) is 25.4 Å². The van der Waals surface area contributed by atoms with Gasteiger partial charge in [0.2, 0.25) is 5.91 Å². The Bertz CT molecular complexity index is 1160. The second kappa shape index (κ2) is 11.4. The van der Waals surface area contributed by atoms with Crippen LogP contribution >= 0.6 is 0 Å². The van der Waals surface area contributed by atoms with Crippen LogP contribution in [0.2, 0.25) is 0 Å². The van der Waals surface area contributed by atoms with Crippen molar-refractivity contribution in [2.75, 3.05) is 13.1 Å². The normalized spacial score (nSPS) is 14.7. The minimum absolute atomic E-state index is 0.144. The van der Waals surface area contributed by atoms with Gasteiger partial charge < -0.3 is 15.5 Å². The average Bonchev–Trinajstić information content (AvgIpc) is 2.91.